The van der Waals surface area contributed by atoms with Crippen molar-refractivity contribution < 1.29 is 0 Å². The first-order chi connectivity index (χ1) is 54.1. The number of nitrogens with zero attached hydrogens (tertiary/aromatic N) is 13. The third kappa shape index (κ3) is 16.0. The zero-order chi connectivity index (χ0) is 74.7. The Labute approximate surface area is 646 Å². The highest BCUT2D eigenvalue weighted by atomic mass is 15.1. The lowest BCUT2D eigenvalue weighted by Gasteiger charge is -2.23. The molecule has 0 atom stereocenters. The van der Waals surface area contributed by atoms with Crippen LogP contribution in [0.3, 0.4) is 0 Å². The van der Waals surface area contributed by atoms with E-state index in [2.05, 4.69) is 347 Å². The number of aromatic nitrogens is 8. The summed E-state index contributed by atoms with van der Waals surface area (Å²) < 4.78 is 11.8. The molecule has 8 aromatic heterocycles. The Hall–Kier alpha value is -11.8. The molecule has 13 heterocycles. The Bertz CT molecular complexity index is 4980. The van der Waals surface area contributed by atoms with Crippen molar-refractivity contribution in [2.45, 2.75) is 64.8 Å². The monoisotopic (exact) mass is 1440 g/mol. The average Bonchev–Trinajstić information content (AvgIpc) is 1.65. The van der Waals surface area contributed by atoms with Gasteiger partial charge in [-0.2, -0.15) is 0 Å². The minimum atomic E-state index is 0.988. The van der Waals surface area contributed by atoms with Crippen LogP contribution in [0, 0.1) is 0 Å². The molecule has 7 aromatic carbocycles. The number of likely N-dealkylation sites (N-methyl/N-ethyl adjacent to an activating group) is 5. The number of rotatable bonds is 10. The molecule has 0 aliphatic carbocycles. The molecule has 15 aromatic rings. The summed E-state index contributed by atoms with van der Waals surface area (Å²) in [5, 5.41) is 6.90. The van der Waals surface area contributed by atoms with Crippen LogP contribution >= 0.6 is 0 Å². The highest BCUT2D eigenvalue weighted by molar-refractivity contribution is 5.93. The van der Waals surface area contributed by atoms with Crippen molar-refractivity contribution in [2.24, 2.45) is 0 Å². The summed E-state index contributed by atoms with van der Waals surface area (Å²) in [6.45, 7) is 10.8. The SMILES string of the molecule is CN1CCc2c(c3ccccc3n2/C=C/c2ccccc2)C1.CN1CCc2c(c3ccccc3n2/C=C/c2ccccn2)C1.CN1CCc2c(c3ccccc3n2/C=C/c2ccncc2)C1.CN1CCc2c(c3ccccc3n2/C=C\c2ccccc2)C1.CN1CCc2c(c3ccccc3n2/C=C\c2cccnc2)C1. The quantitative estimate of drug-likeness (QED) is 0.134. The summed E-state index contributed by atoms with van der Waals surface area (Å²) in [4.78, 5) is 24.6. The summed E-state index contributed by atoms with van der Waals surface area (Å²) in [5.74, 6) is 0. The zero-order valence-electron chi connectivity index (χ0n) is 63.9. The second-order valence-electron chi connectivity index (χ2n) is 29.7. The van der Waals surface area contributed by atoms with Crippen molar-refractivity contribution in [3.8, 4) is 0 Å². The van der Waals surface area contributed by atoms with Gasteiger partial charge in [-0.1, -0.05) is 164 Å². The molecule has 13 heteroatoms. The van der Waals surface area contributed by atoms with Crippen LogP contribution in [0.2, 0.25) is 0 Å². The van der Waals surface area contributed by atoms with E-state index in [0.717, 1.165) is 109 Å². The van der Waals surface area contributed by atoms with Gasteiger partial charge >= 0.3 is 0 Å². The first kappa shape index (κ1) is 72.4. The maximum atomic E-state index is 4.37. The topological polar surface area (TPSA) is 79.5 Å². The summed E-state index contributed by atoms with van der Waals surface area (Å²) >= 11 is 0. The first-order valence-corrected chi connectivity index (χ1v) is 38.8. The molecule has 20 rings (SSSR count). The number of fused-ring (bicyclic) bond motifs is 15. The van der Waals surface area contributed by atoms with Crippen LogP contribution < -0.4 is 0 Å². The smallest absolute Gasteiger partial charge is 0.0644 e. The van der Waals surface area contributed by atoms with Crippen molar-refractivity contribution in [3.05, 3.63) is 340 Å². The average molecular weight is 1440 g/mol. The predicted molar refractivity (Wildman–Crippen MR) is 462 cm³/mol. The molecule has 5 aliphatic heterocycles. The van der Waals surface area contributed by atoms with Crippen LogP contribution in [0.15, 0.2) is 255 Å². The maximum Gasteiger partial charge on any atom is 0.0644 e. The van der Waals surface area contributed by atoms with Crippen molar-refractivity contribution in [3.63, 3.8) is 0 Å². The Morgan fingerprint density at radius 2 is 0.527 bits per heavy atom. The first-order valence-electron chi connectivity index (χ1n) is 38.8. The maximum absolute atomic E-state index is 4.37. The fourth-order valence-corrected chi connectivity index (χ4v) is 16.6. The number of pyridine rings is 3. The molecule has 0 spiro atoms. The van der Waals surface area contributed by atoms with Gasteiger partial charge in [0.2, 0.25) is 0 Å². The molecule has 0 saturated heterocycles. The zero-order valence-corrected chi connectivity index (χ0v) is 63.9. The highest BCUT2D eigenvalue weighted by Gasteiger charge is 2.26. The fraction of sp³-hybridized carbons (Fsp3) is 0.206. The third-order valence-corrected chi connectivity index (χ3v) is 22.2. The van der Waals surface area contributed by atoms with Crippen molar-refractivity contribution in [1.82, 2.24) is 62.3 Å². The van der Waals surface area contributed by atoms with Gasteiger partial charge in [0, 0.05) is 215 Å². The Morgan fingerprint density at radius 1 is 0.245 bits per heavy atom. The second-order valence-corrected chi connectivity index (χ2v) is 29.7. The molecule has 0 bridgehead atoms. The standard InChI is InChI=1S/2C20H20N2.3C19H19N3/c2*1-21-13-12-20-18(15-21)17-9-5-6-10-19(17)22(20)14-11-16-7-3-2-4-8-16;1-21-12-10-19-17(14-21)16-7-2-3-8-18(16)22(19)13-9-15-6-4-5-11-20-15;1-21-11-9-19-17(14-21)16-6-2-3-7-18(16)22(19)12-8-15-5-4-10-20-13-15;1-21-12-9-19-17(14-21)16-4-2-3-5-18(16)22(19)13-8-15-6-10-20-11-7-15/h2*2-11,14H,12-13,15H2,1H3;2-9,11,13H,10,12,14H2,1H3;2-8,10,12-13H,9,11,14H2,1H3;2-8,10-11,13H,9,12,14H2,1H3/b14-11+;14-11-;13-9+;12-8-;13-8+. The van der Waals surface area contributed by atoms with E-state index in [0.29, 0.717) is 0 Å². The lowest BCUT2D eigenvalue weighted by molar-refractivity contribution is 0.312. The molecule has 0 radical (unpaired) electrons. The van der Waals surface area contributed by atoms with Gasteiger partial charge in [-0.25, -0.2) is 0 Å². The van der Waals surface area contributed by atoms with Crippen LogP contribution in [0.4, 0.5) is 0 Å². The van der Waals surface area contributed by atoms with E-state index in [1.54, 1.807) is 6.20 Å². The van der Waals surface area contributed by atoms with E-state index < -0.39 is 0 Å². The Balaban J connectivity index is 0.000000104. The molecule has 13 nitrogen and oxygen atoms in total. The van der Waals surface area contributed by atoms with Gasteiger partial charge in [0.1, 0.15) is 0 Å². The third-order valence-electron chi connectivity index (χ3n) is 22.2. The van der Waals surface area contributed by atoms with Gasteiger partial charge in [-0.3, -0.25) is 15.0 Å². The van der Waals surface area contributed by atoms with Crippen LogP contribution in [0.1, 0.15) is 84.2 Å². The molecule has 5 aliphatic rings. The van der Waals surface area contributed by atoms with E-state index in [1.165, 1.54) is 127 Å². The molecule has 0 saturated carbocycles. The van der Waals surface area contributed by atoms with E-state index in [4.69, 9.17) is 0 Å². The number of para-hydroxylation sites is 5. The van der Waals surface area contributed by atoms with Gasteiger partial charge in [0.25, 0.3) is 0 Å². The minimum Gasteiger partial charge on any atom is -0.320 e. The number of benzene rings is 7. The Morgan fingerprint density at radius 3 is 0.836 bits per heavy atom. The van der Waals surface area contributed by atoms with E-state index in [9.17, 15) is 0 Å². The minimum absolute atomic E-state index is 0.988. The summed E-state index contributed by atoms with van der Waals surface area (Å²) in [6.07, 6.45) is 36.5. The molecule has 0 N–H and O–H groups in total. The van der Waals surface area contributed by atoms with Crippen molar-refractivity contribution >= 4 is 116 Å². The van der Waals surface area contributed by atoms with Crippen LogP contribution in [-0.4, -0.2) is 130 Å². The van der Waals surface area contributed by atoms with Gasteiger partial charge < -0.3 is 47.3 Å². The lowest BCUT2D eigenvalue weighted by Crippen LogP contribution is -2.26. The second kappa shape index (κ2) is 33.8. The molecule has 550 valence electrons. The number of hydrogen-bond acceptors (Lipinski definition) is 8. The molecule has 0 fully saturated rings. The van der Waals surface area contributed by atoms with E-state index in [1.807, 2.05) is 61.2 Å². The van der Waals surface area contributed by atoms with Gasteiger partial charge in [0.15, 0.2) is 0 Å². The highest BCUT2D eigenvalue weighted by Crippen LogP contribution is 2.37. The lowest BCUT2D eigenvalue weighted by atomic mass is 10.1. The molecule has 0 unspecified atom stereocenters. The van der Waals surface area contributed by atoms with Gasteiger partial charge in [-0.15, -0.1) is 0 Å². The van der Waals surface area contributed by atoms with E-state index in [-0.39, 0.29) is 0 Å². The summed E-state index contributed by atoms with van der Waals surface area (Å²) in [5.41, 5.74) is 26.9. The van der Waals surface area contributed by atoms with Crippen LogP contribution in [0.5, 0.6) is 0 Å². The van der Waals surface area contributed by atoms with Crippen molar-refractivity contribution in [1.29, 1.82) is 0 Å². The van der Waals surface area contributed by atoms with E-state index >= 15 is 0 Å². The van der Waals surface area contributed by atoms with Crippen LogP contribution in [-0.2, 0) is 64.8 Å². The fourth-order valence-electron chi connectivity index (χ4n) is 16.6. The summed E-state index contributed by atoms with van der Waals surface area (Å²) in [6, 6.07) is 78.7. The van der Waals surface area contributed by atoms with Crippen molar-refractivity contribution in [2.75, 3.05) is 68.0 Å². The molecular weight excluding hydrogens is 1350 g/mol. The number of hydrogen-bond donors (Lipinski definition) is 0. The molecular formula is C97H97N13. The Kier molecular flexibility index (Phi) is 22.2. The molecule has 0 amide bonds. The molecule has 110 heavy (non-hydrogen) atoms. The van der Waals surface area contributed by atoms with Gasteiger partial charge in [0.05, 0.1) is 33.3 Å². The van der Waals surface area contributed by atoms with Crippen LogP contribution in [0.25, 0.3) is 116 Å². The largest absolute Gasteiger partial charge is 0.320 e. The summed E-state index contributed by atoms with van der Waals surface area (Å²) in [7, 11) is 11.0. The predicted octanol–water partition coefficient (Wildman–Crippen LogP) is 19.5. The van der Waals surface area contributed by atoms with Gasteiger partial charge in [-0.05, 0) is 176 Å². The normalized spacial score (nSPS) is 15.5.